The number of H-pyrrole nitrogens is 1. The maximum absolute atomic E-state index is 11.7. The quantitative estimate of drug-likeness (QED) is 0.00732. The van der Waals surface area contributed by atoms with Gasteiger partial charge in [-0.25, -0.2) is 14.7 Å². The van der Waals surface area contributed by atoms with Crippen molar-refractivity contribution in [1.82, 2.24) is 30.6 Å². The van der Waals surface area contributed by atoms with E-state index in [9.17, 15) is 78.9 Å². The zero-order chi connectivity index (χ0) is 68.8. The van der Waals surface area contributed by atoms with Gasteiger partial charge >= 0.3 is 17.1 Å². The van der Waals surface area contributed by atoms with E-state index in [0.717, 1.165) is 17.3 Å². The molecule has 0 radical (unpaired) electrons. The molecule has 3 heterocycles. The number of halogens is 5. The number of hydrazine groups is 1. The number of aliphatic hydroxyl groups excluding tert-OH is 1. The number of anilines is 1. The molecule has 5 aromatic carbocycles. The van der Waals surface area contributed by atoms with Crippen LogP contribution in [0.25, 0.3) is 33.8 Å². The van der Waals surface area contributed by atoms with Gasteiger partial charge in [0.25, 0.3) is 28.3 Å². The first-order chi connectivity index (χ1) is 43.0. The molecule has 37 heteroatoms. The highest BCUT2D eigenvalue weighted by Crippen LogP contribution is 2.61. The fraction of sp³-hybridized carbons (Fsp3) is 0.130. The molecule has 91 heavy (non-hydrogen) atoms. The van der Waals surface area contributed by atoms with Crippen molar-refractivity contribution in [2.24, 2.45) is 11.7 Å². The number of hydrogen-bond donors (Lipinski definition) is 5. The second-order valence-corrected chi connectivity index (χ2v) is 23.8. The molecule has 8 aromatic rings. The number of nitrogens with one attached hydrogen (secondary N) is 1. The first-order valence-electron chi connectivity index (χ1n) is 24.9. The molecule has 0 fully saturated rings. The Labute approximate surface area is 538 Å². The molecular weight excluding hydrogens is 1330 g/mol. The van der Waals surface area contributed by atoms with Gasteiger partial charge in [0.1, 0.15) is 0 Å². The summed E-state index contributed by atoms with van der Waals surface area (Å²) >= 11 is 25.1. The molecule has 0 aliphatic heterocycles. The highest BCUT2D eigenvalue weighted by atomic mass is 36.0. The first-order valence-corrected chi connectivity index (χ1v) is 30.1. The van der Waals surface area contributed by atoms with Crippen LogP contribution in [0.5, 0.6) is 0 Å². The summed E-state index contributed by atoms with van der Waals surface area (Å²) in [5.74, 6) is 5.58. The lowest BCUT2D eigenvalue weighted by atomic mass is 10.0. The topological polar surface area (TPSA) is 489 Å². The third-order valence-corrected chi connectivity index (χ3v) is 10.4. The normalized spacial score (nSPS) is 10.1. The molecular formula is C54H51Cl5N13O18P. The van der Waals surface area contributed by atoms with Gasteiger partial charge in [0.15, 0.2) is 28.0 Å². The Hall–Kier alpha value is -9.95. The predicted octanol–water partition coefficient (Wildman–Crippen LogP) is 10.7. The van der Waals surface area contributed by atoms with Gasteiger partial charge in [-0.3, -0.25) is 75.9 Å². The summed E-state index contributed by atoms with van der Waals surface area (Å²) in [6.07, 6.45) is -1.89. The summed E-state index contributed by atoms with van der Waals surface area (Å²) in [6, 6.07) is 40.1. The second-order valence-electron chi connectivity index (χ2n) is 16.4. The number of carbonyl (C=O) groups is 5. The van der Waals surface area contributed by atoms with Gasteiger partial charge in [-0.2, -0.15) is 5.10 Å². The molecule has 0 amide bonds. The highest BCUT2D eigenvalue weighted by Gasteiger charge is 2.22. The Kier molecular flexibility index (Phi) is 36.5. The van der Waals surface area contributed by atoms with E-state index >= 15 is 0 Å². The number of carbonyl (C=O) groups excluding carboxylic acids is 5. The minimum Gasteiger partial charge on any atom is -0.464 e. The smallest absolute Gasteiger partial charge is 0.371 e. The number of aromatic amines is 1. The van der Waals surface area contributed by atoms with Crippen molar-refractivity contribution in [2.45, 2.75) is 33.3 Å². The van der Waals surface area contributed by atoms with Crippen LogP contribution in [0.15, 0.2) is 163 Å². The number of benzene rings is 5. The Morgan fingerprint density at radius 1 is 0.593 bits per heavy atom. The van der Waals surface area contributed by atoms with Crippen LogP contribution in [0.4, 0.5) is 28.4 Å². The number of aromatic nitrogens is 6. The van der Waals surface area contributed by atoms with E-state index in [-0.39, 0.29) is 64.3 Å². The van der Waals surface area contributed by atoms with Gasteiger partial charge in [-0.05, 0) is 97.0 Å². The number of nitro groups is 4. The standard InChI is InChI=1S/C12H13NO6.C10H6ClN3O2.C10H8ClN3.C10H7N3O3.C8H7NO3.C4H6O3.Cl3OP.H4N2/c1-2-19-12(16)11(15)7-10(14)8-4-3-5-9(6-8)13(17)18;11-10-5-4-9(12-13-10)7-2-1-3-8(6-7)14(15)16;11-10-5-4-9(13-14-10)7-2-1-3-8(12)6-7;14-10-5-4-9(11-12-10)7-2-1-3-8(6-7)13(15)16;1-6(10)7-3-2-4-8(5-7)9(11)12;1-2-7-4(6)3-5;1-5(2,3)4;1-2/h3-6,11,15H,2,7H2,1H3;1-6H;1-6H,12H2;1-6H,(H,12,14);2-5H,1H3;3H,2H2,1H3;;1-2H2. The number of ketones is 2. The van der Waals surface area contributed by atoms with Crippen LogP contribution in [-0.4, -0.2) is 105 Å². The lowest BCUT2D eigenvalue weighted by molar-refractivity contribution is -0.385. The molecule has 1 unspecified atom stereocenters. The minimum absolute atomic E-state index is 0.00880. The molecule has 0 aliphatic rings. The lowest BCUT2D eigenvalue weighted by Crippen LogP contribution is -2.26. The number of non-ortho nitro benzene ring substituents is 4. The number of aldehydes is 1. The van der Waals surface area contributed by atoms with Crippen LogP contribution in [0.1, 0.15) is 47.9 Å². The van der Waals surface area contributed by atoms with Crippen molar-refractivity contribution in [1.29, 1.82) is 0 Å². The number of rotatable bonds is 15. The predicted molar refractivity (Wildman–Crippen MR) is 337 cm³/mol. The van der Waals surface area contributed by atoms with Crippen molar-refractivity contribution in [3.8, 4) is 33.8 Å². The molecule has 8 rings (SSSR count). The van der Waals surface area contributed by atoms with Crippen LogP contribution >= 0.6 is 62.1 Å². The molecule has 3 aromatic heterocycles. The number of nitro benzene ring substituents is 4. The zero-order valence-corrected chi connectivity index (χ0v) is 51.9. The SMILES string of the molecule is CC(=O)c1cccc([N+](=O)[O-])c1.CCOC(=O)C(O)CC(=O)c1cccc([N+](=O)[O-])c1.CCOC(=O)C=O.NN.Nc1cccc(-c2ccc(Cl)nn2)c1.O=P(Cl)(Cl)Cl.O=[N+]([O-])c1cccc(-c2ccc(Cl)nn2)c1.O=c1ccc(-c2cccc([N+](=O)[O-])c2)n[nH]1. The Morgan fingerprint density at radius 2 is 0.978 bits per heavy atom. The van der Waals surface area contributed by atoms with E-state index in [1.54, 1.807) is 62.4 Å². The molecule has 0 saturated carbocycles. The van der Waals surface area contributed by atoms with Gasteiger partial charge in [0.2, 0.25) is 6.29 Å². The van der Waals surface area contributed by atoms with Crippen LogP contribution < -0.4 is 23.0 Å². The summed E-state index contributed by atoms with van der Waals surface area (Å²) in [7, 11) is 0. The van der Waals surface area contributed by atoms with Gasteiger partial charge in [-0.15, -0.1) is 20.4 Å². The van der Waals surface area contributed by atoms with E-state index in [4.69, 9.17) is 28.9 Å². The zero-order valence-electron chi connectivity index (χ0n) is 47.3. The Bertz CT molecular complexity index is 3800. The average molecular weight is 1380 g/mol. The monoisotopic (exact) mass is 1380 g/mol. The number of ether oxygens (including phenoxy) is 2. The molecule has 0 bridgehead atoms. The van der Waals surface area contributed by atoms with Crippen molar-refractivity contribution < 1.29 is 62.8 Å². The van der Waals surface area contributed by atoms with E-state index in [2.05, 4.69) is 85.5 Å². The van der Waals surface area contributed by atoms with Crippen molar-refractivity contribution in [3.63, 3.8) is 0 Å². The van der Waals surface area contributed by atoms with Gasteiger partial charge < -0.3 is 20.3 Å². The van der Waals surface area contributed by atoms with Gasteiger partial charge in [-0.1, -0.05) is 83.9 Å². The number of nitrogens with two attached hydrogens (primary N) is 3. The number of hydrogen-bond acceptors (Lipinski definition) is 26. The molecule has 0 aliphatic carbocycles. The van der Waals surface area contributed by atoms with E-state index in [1.165, 1.54) is 79.7 Å². The minimum atomic E-state index is -3.22. The number of nitrogens with zero attached hydrogens (tertiary/aromatic N) is 9. The molecule has 0 saturated heterocycles. The van der Waals surface area contributed by atoms with Crippen molar-refractivity contribution in [2.75, 3.05) is 18.9 Å². The van der Waals surface area contributed by atoms with E-state index < -0.39 is 55.1 Å². The van der Waals surface area contributed by atoms with Crippen LogP contribution in [0, 0.1) is 40.5 Å². The van der Waals surface area contributed by atoms with Gasteiger partial charge in [0, 0.05) is 94.5 Å². The Balaban J connectivity index is 0.000000543. The van der Waals surface area contributed by atoms with Crippen LogP contribution in [-0.2, 0) is 28.4 Å². The molecule has 31 nitrogen and oxygen atoms in total. The fourth-order valence-electron chi connectivity index (χ4n) is 6.12. The van der Waals surface area contributed by atoms with Gasteiger partial charge in [0.05, 0.1) is 50.0 Å². The maximum atomic E-state index is 11.7. The second kappa shape index (κ2) is 42.1. The number of nitrogen functional groups attached to an aromatic ring is 1. The fourth-order valence-corrected chi connectivity index (χ4v) is 6.33. The molecule has 8 N–H and O–H groups in total. The third kappa shape index (κ3) is 32.7. The summed E-state index contributed by atoms with van der Waals surface area (Å²) in [5.41, 5.74) is 10.2. The summed E-state index contributed by atoms with van der Waals surface area (Å²) in [5, 5.41) is 70.2. The molecule has 1 atom stereocenters. The van der Waals surface area contributed by atoms with E-state index in [0.29, 0.717) is 38.9 Å². The van der Waals surface area contributed by atoms with E-state index in [1.807, 2.05) is 30.3 Å². The number of aliphatic hydroxyl groups is 1. The lowest BCUT2D eigenvalue weighted by Gasteiger charge is -2.08. The summed E-state index contributed by atoms with van der Waals surface area (Å²) in [6.45, 7) is 4.95. The molecule has 0 spiro atoms. The third-order valence-electron chi connectivity index (χ3n) is 9.99. The summed E-state index contributed by atoms with van der Waals surface area (Å²) < 4.78 is 18.2. The molecule has 480 valence electrons. The largest absolute Gasteiger partial charge is 0.464 e. The maximum Gasteiger partial charge on any atom is 0.371 e. The average Bonchev–Trinajstić information content (AvgIpc) is 1.28. The van der Waals surface area contributed by atoms with Crippen molar-refractivity contribution in [3.05, 3.63) is 230 Å². The van der Waals surface area contributed by atoms with Crippen LogP contribution in [0.3, 0.4) is 0 Å². The highest BCUT2D eigenvalue weighted by molar-refractivity contribution is 8.24. The van der Waals surface area contributed by atoms with Crippen molar-refractivity contribution >= 4 is 120 Å². The Morgan fingerprint density at radius 3 is 1.34 bits per heavy atom. The number of Topliss-reactive ketones (excluding diaryl/α,β-unsaturated/α-hetero) is 2. The number of esters is 2. The van der Waals surface area contributed by atoms with Crippen LogP contribution in [0.2, 0.25) is 10.3 Å². The summed E-state index contributed by atoms with van der Waals surface area (Å²) in [4.78, 5) is 104. The first kappa shape index (κ1) is 79.1.